The number of rotatable bonds is 10. The van der Waals surface area contributed by atoms with Gasteiger partial charge in [0, 0.05) is 25.0 Å². The van der Waals surface area contributed by atoms with Crippen LogP contribution in [-0.4, -0.2) is 57.0 Å². The Balaban J connectivity index is 1.75. The van der Waals surface area contributed by atoms with Crippen molar-refractivity contribution in [3.05, 3.63) is 95.6 Å². The molecule has 42 heavy (non-hydrogen) atoms. The fourth-order valence-corrected chi connectivity index (χ4v) is 6.84. The number of ether oxygens (including phenoxy) is 2. The van der Waals surface area contributed by atoms with Crippen molar-refractivity contribution in [1.82, 2.24) is 10.2 Å². The van der Waals surface area contributed by atoms with E-state index in [1.807, 2.05) is 24.3 Å². The second-order valence-electron chi connectivity index (χ2n) is 11.1. The van der Waals surface area contributed by atoms with Crippen LogP contribution in [0.4, 0.5) is 0 Å². The predicted octanol–water partition coefficient (Wildman–Crippen LogP) is 6.67. The molecule has 224 valence electrons. The topological polar surface area (TPSA) is 76.0 Å². The Morgan fingerprint density at radius 1 is 0.833 bits per heavy atom. The highest BCUT2D eigenvalue weighted by Gasteiger charge is 2.41. The Bertz CT molecular complexity index is 1220. The molecule has 1 aliphatic rings. The zero-order valence-corrected chi connectivity index (χ0v) is 26.4. The highest BCUT2D eigenvalue weighted by Crippen LogP contribution is 2.43. The fourth-order valence-electron chi connectivity index (χ4n) is 6.13. The van der Waals surface area contributed by atoms with E-state index in [0.29, 0.717) is 19.4 Å². The van der Waals surface area contributed by atoms with Crippen molar-refractivity contribution >= 4 is 9.03 Å². The minimum absolute atomic E-state index is 0.00355. The second-order valence-corrected chi connectivity index (χ2v) is 11.8. The summed E-state index contributed by atoms with van der Waals surface area (Å²) in [5, 5.41) is 12.9. The molecule has 3 aromatic rings. The number of nitriles is 1. The largest absolute Gasteiger partial charge is 0.497 e. The van der Waals surface area contributed by atoms with Gasteiger partial charge in [0.25, 0.3) is 0 Å². The SMILES string of the molecule is COc1ccc(C(c2ccccc2)(c2ccc(OC)cc2)N(C)CC2CC(C)NC(C)CC(CCC#N)OPO2)cc1. The predicted molar refractivity (Wildman–Crippen MR) is 169 cm³/mol. The maximum Gasteiger partial charge on any atom is 0.155 e. The van der Waals surface area contributed by atoms with Gasteiger partial charge in [0.2, 0.25) is 0 Å². The lowest BCUT2D eigenvalue weighted by atomic mass is 9.75. The number of nitrogens with one attached hydrogen (secondary N) is 1. The van der Waals surface area contributed by atoms with Gasteiger partial charge in [-0.3, -0.25) is 4.90 Å². The molecule has 7 nitrogen and oxygen atoms in total. The Morgan fingerprint density at radius 2 is 1.33 bits per heavy atom. The number of hydrogen-bond acceptors (Lipinski definition) is 7. The van der Waals surface area contributed by atoms with Gasteiger partial charge in [-0.2, -0.15) is 5.26 Å². The highest BCUT2D eigenvalue weighted by molar-refractivity contribution is 7.26. The molecule has 5 atom stereocenters. The number of nitrogens with zero attached hydrogens (tertiary/aromatic N) is 2. The number of likely N-dealkylation sites (N-methyl/N-ethyl adjacent to an activating group) is 1. The van der Waals surface area contributed by atoms with Crippen LogP contribution in [-0.2, 0) is 14.6 Å². The molecule has 3 aromatic carbocycles. The van der Waals surface area contributed by atoms with E-state index in [9.17, 15) is 0 Å². The van der Waals surface area contributed by atoms with Gasteiger partial charge in [-0.05, 0) is 81.1 Å². The summed E-state index contributed by atoms with van der Waals surface area (Å²) in [7, 11) is 5.47. The molecule has 0 aromatic heterocycles. The molecule has 1 N–H and O–H groups in total. The third-order valence-corrected chi connectivity index (χ3v) is 8.93. The summed E-state index contributed by atoms with van der Waals surface area (Å²) in [5.74, 6) is 1.62. The van der Waals surface area contributed by atoms with E-state index in [0.717, 1.165) is 41.0 Å². The number of hydrogen-bond donors (Lipinski definition) is 1. The lowest BCUT2D eigenvalue weighted by molar-refractivity contribution is 0.0738. The van der Waals surface area contributed by atoms with E-state index in [1.54, 1.807) is 14.2 Å². The molecule has 0 amide bonds. The summed E-state index contributed by atoms with van der Waals surface area (Å²) in [5.41, 5.74) is 2.77. The van der Waals surface area contributed by atoms with Crippen molar-refractivity contribution in [3.63, 3.8) is 0 Å². The van der Waals surface area contributed by atoms with Crippen LogP contribution in [0.2, 0.25) is 0 Å². The highest BCUT2D eigenvalue weighted by atomic mass is 31.1. The molecule has 0 saturated carbocycles. The van der Waals surface area contributed by atoms with Gasteiger partial charge >= 0.3 is 0 Å². The van der Waals surface area contributed by atoms with Crippen molar-refractivity contribution in [2.75, 3.05) is 27.8 Å². The van der Waals surface area contributed by atoms with Crippen molar-refractivity contribution in [2.45, 2.75) is 69.4 Å². The Morgan fingerprint density at radius 3 is 1.86 bits per heavy atom. The van der Waals surface area contributed by atoms with E-state index < -0.39 is 5.54 Å². The maximum absolute atomic E-state index is 9.12. The van der Waals surface area contributed by atoms with Crippen LogP contribution in [0.15, 0.2) is 78.9 Å². The molecule has 1 heterocycles. The standard InChI is InChI=1S/C34H44N3O4P/c1-25-22-32(12-9-21-35)40-42-41-33(23-26(2)36-25)24-37(3)34(27-10-7-6-8-11-27,28-13-17-30(38-4)18-14-28)29-15-19-31(39-5)20-16-29/h6-8,10-11,13-20,25-26,32-33,36,42H,9,12,22-24H2,1-5H3. The first-order valence-corrected chi connectivity index (χ1v) is 15.5. The van der Waals surface area contributed by atoms with E-state index in [2.05, 4.69) is 91.8 Å². The van der Waals surface area contributed by atoms with Gasteiger partial charge in [0.1, 0.15) is 11.5 Å². The zero-order valence-electron chi connectivity index (χ0n) is 25.4. The monoisotopic (exact) mass is 589 g/mol. The summed E-state index contributed by atoms with van der Waals surface area (Å²) < 4.78 is 23.7. The van der Waals surface area contributed by atoms with E-state index in [1.165, 1.54) is 0 Å². The van der Waals surface area contributed by atoms with Crippen LogP contribution in [0.5, 0.6) is 11.5 Å². The molecule has 1 fully saturated rings. The summed E-state index contributed by atoms with van der Waals surface area (Å²) in [4.78, 5) is 2.40. The Hall–Kier alpha value is -2.98. The molecule has 0 radical (unpaired) electrons. The van der Waals surface area contributed by atoms with Gasteiger partial charge in [0.15, 0.2) is 9.03 Å². The average molecular weight is 590 g/mol. The van der Waals surface area contributed by atoms with Gasteiger partial charge < -0.3 is 23.8 Å². The van der Waals surface area contributed by atoms with Crippen molar-refractivity contribution in [1.29, 1.82) is 5.26 Å². The minimum Gasteiger partial charge on any atom is -0.497 e. The van der Waals surface area contributed by atoms with E-state index >= 15 is 0 Å². The zero-order chi connectivity index (χ0) is 30.0. The number of benzene rings is 3. The molecule has 1 aliphatic heterocycles. The Labute approximate surface area is 253 Å². The summed E-state index contributed by atoms with van der Waals surface area (Å²) in [6.07, 6.45) is 2.80. The van der Waals surface area contributed by atoms with Crippen molar-refractivity contribution in [3.8, 4) is 17.6 Å². The summed E-state index contributed by atoms with van der Waals surface area (Å²) in [6.45, 7) is 5.08. The molecular formula is C34H44N3O4P. The number of methoxy groups -OCH3 is 2. The third-order valence-electron chi connectivity index (χ3n) is 8.07. The quantitative estimate of drug-likeness (QED) is 0.209. The first-order valence-electron chi connectivity index (χ1n) is 14.7. The van der Waals surface area contributed by atoms with Gasteiger partial charge in [-0.25, -0.2) is 0 Å². The van der Waals surface area contributed by atoms with E-state index in [-0.39, 0.29) is 33.3 Å². The van der Waals surface area contributed by atoms with Crippen LogP contribution in [0.25, 0.3) is 0 Å². The summed E-state index contributed by atoms with van der Waals surface area (Å²) in [6, 6.07) is 30.1. The maximum atomic E-state index is 9.12. The molecule has 0 bridgehead atoms. The second kappa shape index (κ2) is 15.5. The van der Waals surface area contributed by atoms with Crippen LogP contribution in [0.1, 0.15) is 56.2 Å². The lowest BCUT2D eigenvalue weighted by Gasteiger charge is -2.45. The molecule has 0 aliphatic carbocycles. The molecule has 5 unspecified atom stereocenters. The normalized spacial score (nSPS) is 22.4. The summed E-state index contributed by atoms with van der Waals surface area (Å²) >= 11 is 0. The van der Waals surface area contributed by atoms with E-state index in [4.69, 9.17) is 23.8 Å². The Kier molecular flexibility index (Phi) is 11.8. The van der Waals surface area contributed by atoms with Gasteiger partial charge in [-0.15, -0.1) is 0 Å². The third kappa shape index (κ3) is 7.69. The van der Waals surface area contributed by atoms with Crippen LogP contribution >= 0.6 is 9.03 Å². The van der Waals surface area contributed by atoms with Crippen molar-refractivity contribution in [2.24, 2.45) is 0 Å². The molecular weight excluding hydrogens is 545 g/mol. The fraction of sp³-hybridized carbons (Fsp3) is 0.441. The van der Waals surface area contributed by atoms with Gasteiger partial charge in [0.05, 0.1) is 38.0 Å². The molecule has 8 heteroatoms. The van der Waals surface area contributed by atoms with Gasteiger partial charge in [-0.1, -0.05) is 54.6 Å². The minimum atomic E-state index is -0.623. The molecule has 1 saturated heterocycles. The lowest BCUT2D eigenvalue weighted by Crippen LogP contribution is -2.50. The molecule has 4 rings (SSSR count). The van der Waals surface area contributed by atoms with Crippen LogP contribution < -0.4 is 14.8 Å². The first-order chi connectivity index (χ1) is 20.4. The first kappa shape index (κ1) is 31.9. The smallest absolute Gasteiger partial charge is 0.155 e. The average Bonchev–Trinajstić information content (AvgIpc) is 3.01. The van der Waals surface area contributed by atoms with Crippen LogP contribution in [0.3, 0.4) is 0 Å². The van der Waals surface area contributed by atoms with Crippen molar-refractivity contribution < 1.29 is 18.5 Å². The molecule has 0 spiro atoms. The van der Waals surface area contributed by atoms with Crippen LogP contribution in [0, 0.1) is 11.3 Å².